The third kappa shape index (κ3) is 6.13. The lowest BCUT2D eigenvalue weighted by Gasteiger charge is -2.20. The number of rotatable bonds is 6. The highest BCUT2D eigenvalue weighted by atomic mass is 19.4. The second-order valence-electron chi connectivity index (χ2n) is 6.44. The minimum Gasteiger partial charge on any atom is -0.326 e. The number of likely N-dealkylation sites (tertiary alicyclic amines) is 1. The molecule has 134 valence electrons. The lowest BCUT2D eigenvalue weighted by atomic mass is 10.1. The number of amides is 1. The number of hydrogen-bond donors (Lipinski definition) is 2. The van der Waals surface area contributed by atoms with E-state index in [4.69, 9.17) is 0 Å². The van der Waals surface area contributed by atoms with Crippen molar-refractivity contribution in [3.8, 4) is 0 Å². The van der Waals surface area contributed by atoms with Crippen LogP contribution in [0.5, 0.6) is 0 Å². The molecule has 1 fully saturated rings. The second-order valence-corrected chi connectivity index (χ2v) is 6.44. The summed E-state index contributed by atoms with van der Waals surface area (Å²) >= 11 is 0. The number of carbonyl (C=O) groups excluding carboxylic acids is 1. The van der Waals surface area contributed by atoms with Gasteiger partial charge in [-0.15, -0.1) is 0 Å². The van der Waals surface area contributed by atoms with Crippen molar-refractivity contribution in [1.29, 1.82) is 0 Å². The normalized spacial score (nSPS) is 20.1. The first-order chi connectivity index (χ1) is 11.2. The predicted molar refractivity (Wildman–Crippen MR) is 87.8 cm³/mol. The molecular weight excluding hydrogens is 319 g/mol. The Kier molecular flexibility index (Phi) is 6.23. The van der Waals surface area contributed by atoms with Crippen LogP contribution in [-0.4, -0.2) is 43.2 Å². The van der Waals surface area contributed by atoms with E-state index < -0.39 is 12.7 Å². The van der Waals surface area contributed by atoms with Crippen LogP contribution in [0.2, 0.25) is 0 Å². The Balaban J connectivity index is 1.81. The van der Waals surface area contributed by atoms with E-state index in [1.165, 1.54) is 11.8 Å². The van der Waals surface area contributed by atoms with E-state index in [0.29, 0.717) is 19.6 Å². The van der Waals surface area contributed by atoms with Gasteiger partial charge in [0.25, 0.3) is 0 Å². The van der Waals surface area contributed by atoms with Crippen molar-refractivity contribution >= 4 is 11.6 Å². The zero-order valence-electron chi connectivity index (χ0n) is 14.0. The van der Waals surface area contributed by atoms with E-state index in [1.807, 2.05) is 31.2 Å². The van der Waals surface area contributed by atoms with Gasteiger partial charge in [-0.1, -0.05) is 12.1 Å². The van der Waals surface area contributed by atoms with E-state index in [-0.39, 0.29) is 17.9 Å². The highest BCUT2D eigenvalue weighted by Gasteiger charge is 2.34. The number of benzene rings is 1. The maximum absolute atomic E-state index is 12.4. The van der Waals surface area contributed by atoms with Crippen molar-refractivity contribution in [2.45, 2.75) is 32.5 Å². The molecule has 1 aliphatic heterocycles. The van der Waals surface area contributed by atoms with Crippen LogP contribution in [0.1, 0.15) is 31.9 Å². The molecule has 2 rings (SSSR count). The van der Waals surface area contributed by atoms with Crippen LogP contribution in [0.3, 0.4) is 0 Å². The topological polar surface area (TPSA) is 44.4 Å². The molecule has 1 amide bonds. The monoisotopic (exact) mass is 343 g/mol. The summed E-state index contributed by atoms with van der Waals surface area (Å²) in [4.78, 5) is 12.6. The number of anilines is 1. The molecule has 7 heteroatoms. The Morgan fingerprint density at radius 3 is 2.83 bits per heavy atom. The summed E-state index contributed by atoms with van der Waals surface area (Å²) in [7, 11) is 0. The van der Waals surface area contributed by atoms with Crippen molar-refractivity contribution in [2.75, 3.05) is 31.5 Å². The first-order valence-electron chi connectivity index (χ1n) is 8.13. The molecule has 1 saturated heterocycles. The molecule has 0 radical (unpaired) electrons. The standard InChI is InChI=1S/C17H24F3N3O/c1-12(15-4-3-5-16(8-15)22-13(2)24)21-9-14-6-7-23(10-14)11-17(18,19)20/h3-5,8,12,14,21H,6-7,9-11H2,1-2H3,(H,22,24). The number of nitrogens with zero attached hydrogens (tertiary/aromatic N) is 1. The van der Waals surface area contributed by atoms with Crippen molar-refractivity contribution in [1.82, 2.24) is 10.2 Å². The van der Waals surface area contributed by atoms with Gasteiger partial charge in [-0.05, 0) is 50.0 Å². The largest absolute Gasteiger partial charge is 0.401 e. The molecule has 4 nitrogen and oxygen atoms in total. The van der Waals surface area contributed by atoms with Gasteiger partial charge in [-0.25, -0.2) is 0 Å². The molecule has 2 atom stereocenters. The van der Waals surface area contributed by atoms with E-state index in [2.05, 4.69) is 10.6 Å². The summed E-state index contributed by atoms with van der Waals surface area (Å²) in [6, 6.07) is 7.63. The molecule has 0 saturated carbocycles. The molecule has 0 aliphatic carbocycles. The van der Waals surface area contributed by atoms with Gasteiger partial charge < -0.3 is 10.6 Å². The fraction of sp³-hybridized carbons (Fsp3) is 0.588. The van der Waals surface area contributed by atoms with Crippen LogP contribution >= 0.6 is 0 Å². The first kappa shape index (κ1) is 18.7. The van der Waals surface area contributed by atoms with Gasteiger partial charge in [0, 0.05) is 25.2 Å². The minimum atomic E-state index is -4.13. The highest BCUT2D eigenvalue weighted by molar-refractivity contribution is 5.88. The quantitative estimate of drug-likeness (QED) is 0.834. The first-order valence-corrected chi connectivity index (χ1v) is 8.13. The fourth-order valence-electron chi connectivity index (χ4n) is 3.03. The molecule has 0 aromatic heterocycles. The maximum atomic E-state index is 12.4. The zero-order chi connectivity index (χ0) is 17.7. The van der Waals surface area contributed by atoms with Crippen LogP contribution in [0.15, 0.2) is 24.3 Å². The average Bonchev–Trinajstić information content (AvgIpc) is 2.89. The molecule has 2 unspecified atom stereocenters. The van der Waals surface area contributed by atoms with Crippen molar-refractivity contribution < 1.29 is 18.0 Å². The average molecular weight is 343 g/mol. The number of carbonyl (C=O) groups is 1. The Labute approximate surface area is 140 Å². The van der Waals surface area contributed by atoms with Gasteiger partial charge in [0.2, 0.25) is 5.91 Å². The number of halogens is 3. The van der Waals surface area contributed by atoms with E-state index in [9.17, 15) is 18.0 Å². The van der Waals surface area contributed by atoms with Gasteiger partial charge in [-0.3, -0.25) is 9.69 Å². The Morgan fingerprint density at radius 1 is 1.42 bits per heavy atom. The summed E-state index contributed by atoms with van der Waals surface area (Å²) in [6.45, 7) is 4.30. The predicted octanol–water partition coefficient (Wildman–Crippen LogP) is 3.18. The summed E-state index contributed by atoms with van der Waals surface area (Å²) in [5.41, 5.74) is 1.78. The Morgan fingerprint density at radius 2 is 2.17 bits per heavy atom. The lowest BCUT2D eigenvalue weighted by molar-refractivity contribution is -0.143. The van der Waals surface area contributed by atoms with Crippen molar-refractivity contribution in [3.05, 3.63) is 29.8 Å². The maximum Gasteiger partial charge on any atom is 0.401 e. The molecule has 2 N–H and O–H groups in total. The van der Waals surface area contributed by atoms with E-state index in [0.717, 1.165) is 17.7 Å². The van der Waals surface area contributed by atoms with Gasteiger partial charge >= 0.3 is 6.18 Å². The Bertz CT molecular complexity index is 562. The van der Waals surface area contributed by atoms with E-state index >= 15 is 0 Å². The molecule has 1 aromatic carbocycles. The van der Waals surface area contributed by atoms with Crippen LogP contribution in [-0.2, 0) is 4.79 Å². The molecule has 0 bridgehead atoms. The molecular formula is C17H24F3N3O. The van der Waals surface area contributed by atoms with Crippen LogP contribution in [0.4, 0.5) is 18.9 Å². The van der Waals surface area contributed by atoms with Crippen molar-refractivity contribution in [2.24, 2.45) is 5.92 Å². The smallest absolute Gasteiger partial charge is 0.326 e. The minimum absolute atomic E-state index is 0.0652. The van der Waals surface area contributed by atoms with Crippen LogP contribution in [0.25, 0.3) is 0 Å². The second kappa shape index (κ2) is 7.98. The van der Waals surface area contributed by atoms with Crippen LogP contribution < -0.4 is 10.6 Å². The van der Waals surface area contributed by atoms with Gasteiger partial charge in [-0.2, -0.15) is 13.2 Å². The fourth-order valence-corrected chi connectivity index (χ4v) is 3.03. The highest BCUT2D eigenvalue weighted by Crippen LogP contribution is 2.23. The third-order valence-corrected chi connectivity index (χ3v) is 4.19. The Hall–Kier alpha value is -1.60. The van der Waals surface area contributed by atoms with Gasteiger partial charge in [0.1, 0.15) is 0 Å². The van der Waals surface area contributed by atoms with Gasteiger partial charge in [0.15, 0.2) is 0 Å². The summed E-state index contributed by atoms with van der Waals surface area (Å²) in [5, 5.41) is 6.13. The molecule has 1 heterocycles. The number of alkyl halides is 3. The SMILES string of the molecule is CC(=O)Nc1cccc(C(C)NCC2CCN(CC(F)(F)F)C2)c1. The third-order valence-electron chi connectivity index (χ3n) is 4.19. The molecule has 1 aromatic rings. The zero-order valence-corrected chi connectivity index (χ0v) is 14.0. The summed E-state index contributed by atoms with van der Waals surface area (Å²) in [5.74, 6) is 0.108. The number of hydrogen-bond acceptors (Lipinski definition) is 3. The lowest BCUT2D eigenvalue weighted by Crippen LogP contribution is -2.34. The van der Waals surface area contributed by atoms with E-state index in [1.54, 1.807) is 0 Å². The molecule has 24 heavy (non-hydrogen) atoms. The van der Waals surface area contributed by atoms with Crippen molar-refractivity contribution in [3.63, 3.8) is 0 Å². The van der Waals surface area contributed by atoms with Crippen LogP contribution in [0, 0.1) is 5.92 Å². The molecule has 1 aliphatic rings. The summed E-state index contributed by atoms with van der Waals surface area (Å²) < 4.78 is 37.2. The molecule has 0 spiro atoms. The number of nitrogens with one attached hydrogen (secondary N) is 2. The summed E-state index contributed by atoms with van der Waals surface area (Å²) in [6.07, 6.45) is -3.35. The van der Waals surface area contributed by atoms with Gasteiger partial charge in [0.05, 0.1) is 6.54 Å².